The van der Waals surface area contributed by atoms with Crippen LogP contribution in [0.1, 0.15) is 10.4 Å². The molecule has 1 aromatic carbocycles. The van der Waals surface area contributed by atoms with Crippen LogP contribution >= 0.6 is 34.5 Å². The molecule has 7 heteroatoms. The molecule has 0 atom stereocenters. The van der Waals surface area contributed by atoms with Gasteiger partial charge in [-0.2, -0.15) is 10.2 Å². The molecule has 0 fully saturated rings. The number of thiazole rings is 1. The number of hydrogen-bond donors (Lipinski definition) is 0. The normalized spacial score (nSPS) is 10.1. The minimum atomic E-state index is -0.643. The van der Waals surface area contributed by atoms with Crippen molar-refractivity contribution in [1.82, 2.24) is 4.98 Å². The number of nitriles is 1. The van der Waals surface area contributed by atoms with E-state index in [0.29, 0.717) is 4.88 Å². The number of aromatic nitrogens is 1. The summed E-state index contributed by atoms with van der Waals surface area (Å²) in [6.07, 6.45) is 0. The van der Waals surface area contributed by atoms with E-state index in [2.05, 4.69) is 4.98 Å². The fourth-order valence-electron chi connectivity index (χ4n) is 1.23. The average molecular weight is 303 g/mol. The Morgan fingerprint density at radius 2 is 2.28 bits per heavy atom. The van der Waals surface area contributed by atoms with Crippen LogP contribution in [0.4, 0.5) is 4.39 Å². The summed E-state index contributed by atoms with van der Waals surface area (Å²) in [6, 6.07) is 5.85. The summed E-state index contributed by atoms with van der Waals surface area (Å²) in [7, 11) is 0. The quantitative estimate of drug-likeness (QED) is 0.792. The molecule has 0 spiro atoms. The van der Waals surface area contributed by atoms with Gasteiger partial charge in [-0.15, -0.1) is 11.6 Å². The van der Waals surface area contributed by atoms with E-state index < -0.39 is 5.82 Å². The summed E-state index contributed by atoms with van der Waals surface area (Å²) in [4.78, 5) is 4.58. The standard InChI is InChI=1S/C11H5Cl2FN2OS/c12-4-9-10(13)16-11(18-9)17-8-3-1-2-7(14)6(8)5-15/h1-3H,4H2. The van der Waals surface area contributed by atoms with Crippen molar-refractivity contribution in [2.75, 3.05) is 0 Å². The summed E-state index contributed by atoms with van der Waals surface area (Å²) in [5, 5.41) is 9.32. The second-order valence-corrected chi connectivity index (χ2v) is 4.83. The number of rotatable bonds is 3. The maximum atomic E-state index is 13.3. The number of hydrogen-bond acceptors (Lipinski definition) is 4. The lowest BCUT2D eigenvalue weighted by molar-refractivity contribution is 0.471. The van der Waals surface area contributed by atoms with Crippen molar-refractivity contribution in [3.63, 3.8) is 0 Å². The molecule has 18 heavy (non-hydrogen) atoms. The molecule has 3 nitrogen and oxygen atoms in total. The van der Waals surface area contributed by atoms with Crippen LogP contribution in [0, 0.1) is 17.1 Å². The SMILES string of the molecule is N#Cc1c(F)cccc1Oc1nc(Cl)c(CCl)s1. The fraction of sp³-hybridized carbons (Fsp3) is 0.0909. The Labute approximate surface area is 116 Å². The van der Waals surface area contributed by atoms with E-state index in [0.717, 1.165) is 11.3 Å². The molecule has 0 aliphatic carbocycles. The smallest absolute Gasteiger partial charge is 0.280 e. The Morgan fingerprint density at radius 1 is 1.50 bits per heavy atom. The van der Waals surface area contributed by atoms with Gasteiger partial charge in [-0.3, -0.25) is 0 Å². The van der Waals surface area contributed by atoms with Crippen molar-refractivity contribution in [1.29, 1.82) is 5.26 Å². The Balaban J connectivity index is 2.34. The summed E-state index contributed by atoms with van der Waals surface area (Å²) in [6.45, 7) is 0. The van der Waals surface area contributed by atoms with E-state index >= 15 is 0 Å². The van der Waals surface area contributed by atoms with Crippen LogP contribution in [0.2, 0.25) is 5.15 Å². The predicted molar refractivity (Wildman–Crippen MR) is 67.9 cm³/mol. The largest absolute Gasteiger partial charge is 0.429 e. The molecule has 1 aromatic heterocycles. The molecule has 2 rings (SSSR count). The van der Waals surface area contributed by atoms with E-state index in [9.17, 15) is 4.39 Å². The van der Waals surface area contributed by atoms with Gasteiger partial charge in [0.2, 0.25) is 0 Å². The number of nitrogens with zero attached hydrogens (tertiary/aromatic N) is 2. The molecule has 0 aliphatic heterocycles. The molecule has 2 aromatic rings. The maximum absolute atomic E-state index is 13.3. The van der Waals surface area contributed by atoms with Gasteiger partial charge < -0.3 is 4.74 Å². The van der Waals surface area contributed by atoms with E-state index in [-0.39, 0.29) is 27.5 Å². The zero-order valence-corrected chi connectivity index (χ0v) is 11.1. The van der Waals surface area contributed by atoms with Crippen LogP contribution in [0.25, 0.3) is 0 Å². The molecule has 92 valence electrons. The summed E-state index contributed by atoms with van der Waals surface area (Å²) >= 11 is 12.6. The maximum Gasteiger partial charge on any atom is 0.280 e. The number of ether oxygens (including phenoxy) is 1. The molecule has 0 amide bonds. The molecule has 0 unspecified atom stereocenters. The second kappa shape index (κ2) is 5.53. The van der Waals surface area contributed by atoms with Gasteiger partial charge in [-0.05, 0) is 12.1 Å². The minimum absolute atomic E-state index is 0.101. The zero-order chi connectivity index (χ0) is 13.1. The molecular weight excluding hydrogens is 298 g/mol. The van der Waals surface area contributed by atoms with E-state index in [1.165, 1.54) is 18.2 Å². The molecule has 0 bridgehead atoms. The topological polar surface area (TPSA) is 45.9 Å². The first-order chi connectivity index (χ1) is 8.65. The lowest BCUT2D eigenvalue weighted by Crippen LogP contribution is -1.90. The van der Waals surface area contributed by atoms with Gasteiger partial charge in [0.25, 0.3) is 5.19 Å². The molecule has 0 N–H and O–H groups in total. The summed E-state index contributed by atoms with van der Waals surface area (Å²) < 4.78 is 18.7. The first-order valence-corrected chi connectivity index (χ1v) is 6.46. The van der Waals surface area contributed by atoms with Crippen LogP contribution in [-0.4, -0.2) is 4.98 Å². The first-order valence-electron chi connectivity index (χ1n) is 4.73. The summed E-state index contributed by atoms with van der Waals surface area (Å²) in [5.74, 6) is -0.326. The molecule has 0 aliphatic rings. The van der Waals surface area contributed by atoms with Gasteiger partial charge in [0.05, 0.1) is 10.8 Å². The molecule has 0 saturated heterocycles. The van der Waals surface area contributed by atoms with Crippen molar-refractivity contribution in [2.24, 2.45) is 0 Å². The lowest BCUT2D eigenvalue weighted by Gasteiger charge is -2.03. The van der Waals surface area contributed by atoms with Crippen molar-refractivity contribution in [2.45, 2.75) is 5.88 Å². The van der Waals surface area contributed by atoms with Crippen LogP contribution in [0.3, 0.4) is 0 Å². The third kappa shape index (κ3) is 2.56. The second-order valence-electron chi connectivity index (χ2n) is 3.15. The Kier molecular flexibility index (Phi) is 4.02. The molecule has 0 radical (unpaired) electrons. The highest BCUT2D eigenvalue weighted by Gasteiger charge is 2.14. The molecule has 0 saturated carbocycles. The van der Waals surface area contributed by atoms with E-state index in [4.69, 9.17) is 33.2 Å². The first kappa shape index (κ1) is 13.1. The van der Waals surface area contributed by atoms with Gasteiger partial charge >= 0.3 is 0 Å². The van der Waals surface area contributed by atoms with Gasteiger partial charge in [0, 0.05) is 0 Å². The van der Waals surface area contributed by atoms with Crippen LogP contribution in [0.5, 0.6) is 10.9 Å². The van der Waals surface area contributed by atoms with E-state index in [1.54, 1.807) is 6.07 Å². The molecular formula is C11H5Cl2FN2OS. The summed E-state index contributed by atoms with van der Waals surface area (Å²) in [5.41, 5.74) is -0.170. The van der Waals surface area contributed by atoms with Crippen molar-refractivity contribution in [3.8, 4) is 17.0 Å². The van der Waals surface area contributed by atoms with Crippen LogP contribution in [0.15, 0.2) is 18.2 Å². The zero-order valence-electron chi connectivity index (χ0n) is 8.78. The highest BCUT2D eigenvalue weighted by Crippen LogP contribution is 2.34. The number of alkyl halides is 1. The van der Waals surface area contributed by atoms with Gasteiger partial charge in [-0.25, -0.2) is 4.39 Å². The lowest BCUT2D eigenvalue weighted by atomic mass is 10.2. The minimum Gasteiger partial charge on any atom is -0.429 e. The van der Waals surface area contributed by atoms with Gasteiger partial charge in [0.15, 0.2) is 5.75 Å². The highest BCUT2D eigenvalue weighted by atomic mass is 35.5. The van der Waals surface area contributed by atoms with Crippen molar-refractivity contribution < 1.29 is 9.13 Å². The van der Waals surface area contributed by atoms with Gasteiger partial charge in [-0.1, -0.05) is 29.0 Å². The van der Waals surface area contributed by atoms with Gasteiger partial charge in [0.1, 0.15) is 22.6 Å². The third-order valence-electron chi connectivity index (χ3n) is 2.04. The van der Waals surface area contributed by atoms with E-state index in [1.807, 2.05) is 0 Å². The molecule has 1 heterocycles. The number of benzene rings is 1. The van der Waals surface area contributed by atoms with Crippen LogP contribution in [-0.2, 0) is 5.88 Å². The third-order valence-corrected chi connectivity index (χ3v) is 3.82. The fourth-order valence-corrected chi connectivity index (χ4v) is 2.56. The van der Waals surface area contributed by atoms with Crippen molar-refractivity contribution in [3.05, 3.63) is 39.6 Å². The predicted octanol–water partition coefficient (Wildman–Crippen LogP) is 4.34. The Morgan fingerprint density at radius 3 is 2.89 bits per heavy atom. The van der Waals surface area contributed by atoms with Crippen molar-refractivity contribution >= 4 is 34.5 Å². The highest BCUT2D eigenvalue weighted by molar-refractivity contribution is 7.14. The number of halogens is 3. The Bertz CT molecular complexity index is 624. The Hall–Kier alpha value is -1.35. The average Bonchev–Trinajstić information content (AvgIpc) is 2.70. The van der Waals surface area contributed by atoms with Crippen LogP contribution < -0.4 is 4.74 Å². The monoisotopic (exact) mass is 302 g/mol.